The molecule has 6 rings (SSSR count). The van der Waals surface area contributed by atoms with Gasteiger partial charge in [0.2, 0.25) is 5.78 Å². The fraction of sp³-hybridized carbons (Fsp3) is 0.348. The van der Waals surface area contributed by atoms with E-state index in [1.807, 2.05) is 111 Å². The quantitative estimate of drug-likeness (QED) is 0.0506. The van der Waals surface area contributed by atoms with E-state index in [1.165, 1.54) is 10.6 Å². The molecule has 0 aliphatic carbocycles. The standard InChI is InChI=1S/C46H52N5O8P/c1-31(2)51(32(3)4)60(54,27-13-26-47)59-40-29-43(50-39(28-42(48)49-45(50)53)44(52)33-14-9-7-10-15-33)58-41(40)30-57-46(34-16-11-8-12-17-34,35-18-22-37(55-5)23-19-35)36-20-24-38(56-6)25-21-36/h7-12,14-25,28,31-32,40-41,43,54H,13,27,29-30H2,1-6H3,(H-,48,49,53)/p+1/t40-,41+,43+,60?/m0/s1. The number of nitrogens with zero attached hydrogens (tertiary/aromatic N) is 4. The molecular formula is C46H53N5O8P+. The molecule has 0 amide bonds. The van der Waals surface area contributed by atoms with Gasteiger partial charge in [0.1, 0.15) is 47.5 Å². The predicted molar refractivity (Wildman–Crippen MR) is 231 cm³/mol. The average Bonchev–Trinajstić information content (AvgIpc) is 3.64. The number of hydrogen-bond donors (Lipinski definition) is 2. The van der Waals surface area contributed by atoms with Crippen LogP contribution in [0, 0.1) is 11.3 Å². The Kier molecular flexibility index (Phi) is 14.2. The first-order chi connectivity index (χ1) is 28.8. The number of rotatable bonds is 18. The van der Waals surface area contributed by atoms with Gasteiger partial charge < -0.3 is 24.7 Å². The van der Waals surface area contributed by atoms with Crippen molar-refractivity contribution in [3.63, 3.8) is 0 Å². The van der Waals surface area contributed by atoms with Crippen molar-refractivity contribution < 1.29 is 33.2 Å². The first-order valence-electron chi connectivity index (χ1n) is 19.9. The molecule has 4 aromatic carbocycles. The van der Waals surface area contributed by atoms with Gasteiger partial charge in [-0.1, -0.05) is 84.9 Å². The zero-order chi connectivity index (χ0) is 43.0. The maximum absolute atomic E-state index is 14.1. The molecule has 1 aliphatic rings. The molecule has 2 heterocycles. The number of nitrogen functional groups attached to an aromatic ring is 1. The molecule has 0 saturated carbocycles. The first kappa shape index (κ1) is 44.1. The molecule has 0 bridgehead atoms. The summed E-state index contributed by atoms with van der Waals surface area (Å²) in [7, 11) is -0.300. The highest BCUT2D eigenvalue weighted by molar-refractivity contribution is 7.63. The van der Waals surface area contributed by atoms with E-state index in [0.717, 1.165) is 16.7 Å². The van der Waals surface area contributed by atoms with Gasteiger partial charge in [0.15, 0.2) is 0 Å². The summed E-state index contributed by atoms with van der Waals surface area (Å²) in [6.45, 7) is 7.75. The number of hydrogen-bond acceptors (Lipinski definition) is 12. The van der Waals surface area contributed by atoms with E-state index >= 15 is 0 Å². The van der Waals surface area contributed by atoms with Gasteiger partial charge in [0.25, 0.3) is 0 Å². The van der Waals surface area contributed by atoms with E-state index in [1.54, 1.807) is 44.6 Å². The Morgan fingerprint density at radius 1 is 0.917 bits per heavy atom. The SMILES string of the molecule is COc1ccc(C(OC[C@H]2O[C@@H](n3c(C(=O)c4ccccc4)cc(N)nc3=O)C[C@@H]2O[P+](O)(CCC#N)N(C(C)C)C(C)C)(c2ccccc2)c2ccc(OC)cc2)cc1. The lowest BCUT2D eigenvalue weighted by atomic mass is 9.80. The smallest absolute Gasteiger partial charge is 0.352 e. The number of carbonyl (C=O) groups is 1. The van der Waals surface area contributed by atoms with Crippen LogP contribution in [-0.4, -0.2) is 76.2 Å². The van der Waals surface area contributed by atoms with Gasteiger partial charge in [0, 0.05) is 30.1 Å². The highest BCUT2D eigenvalue weighted by Crippen LogP contribution is 2.63. The monoisotopic (exact) mass is 834 g/mol. The molecule has 1 saturated heterocycles. The molecule has 3 N–H and O–H groups in total. The molecule has 0 radical (unpaired) electrons. The topological polar surface area (TPSA) is 171 Å². The van der Waals surface area contributed by atoms with Crippen molar-refractivity contribution in [2.24, 2.45) is 0 Å². The number of methoxy groups -OCH3 is 2. The largest absolute Gasteiger partial charge is 0.497 e. The van der Waals surface area contributed by atoms with Crippen LogP contribution < -0.4 is 20.9 Å². The minimum Gasteiger partial charge on any atom is -0.497 e. The lowest BCUT2D eigenvalue weighted by Gasteiger charge is -2.38. The Bertz CT molecular complexity index is 2250. The average molecular weight is 835 g/mol. The molecule has 1 aliphatic heterocycles. The van der Waals surface area contributed by atoms with Crippen molar-refractivity contribution in [2.45, 2.75) is 76.7 Å². The van der Waals surface area contributed by atoms with Gasteiger partial charge in [0.05, 0.1) is 39.0 Å². The third-order valence-corrected chi connectivity index (χ3v) is 13.6. The molecule has 60 heavy (non-hydrogen) atoms. The predicted octanol–water partition coefficient (Wildman–Crippen LogP) is 7.54. The molecule has 13 nitrogen and oxygen atoms in total. The lowest BCUT2D eigenvalue weighted by Crippen LogP contribution is -2.42. The summed E-state index contributed by atoms with van der Waals surface area (Å²) in [5.74, 6) is 0.757. The molecule has 1 unspecified atom stereocenters. The zero-order valence-corrected chi connectivity index (χ0v) is 35.7. The van der Waals surface area contributed by atoms with Crippen LogP contribution in [0.25, 0.3) is 0 Å². The number of benzene rings is 4. The van der Waals surface area contributed by atoms with Gasteiger partial charge in [-0.25, -0.2) is 9.69 Å². The second-order valence-corrected chi connectivity index (χ2v) is 17.6. The van der Waals surface area contributed by atoms with Crippen molar-refractivity contribution in [3.8, 4) is 17.6 Å². The second kappa shape index (κ2) is 19.3. The maximum Gasteiger partial charge on any atom is 0.352 e. The lowest BCUT2D eigenvalue weighted by molar-refractivity contribution is -0.0930. The number of carbonyl (C=O) groups excluding carboxylic acids is 1. The van der Waals surface area contributed by atoms with Crippen LogP contribution in [0.1, 0.15) is 79.5 Å². The third kappa shape index (κ3) is 9.30. The summed E-state index contributed by atoms with van der Waals surface area (Å²) in [5.41, 5.74) is 6.76. The normalized spacial score (nSPS) is 17.7. The minimum atomic E-state index is -3.51. The van der Waals surface area contributed by atoms with Gasteiger partial charge in [-0.05, 0) is 68.7 Å². The highest BCUT2D eigenvalue weighted by Gasteiger charge is 2.55. The molecule has 5 aromatic rings. The van der Waals surface area contributed by atoms with E-state index in [0.29, 0.717) is 17.1 Å². The van der Waals surface area contributed by atoms with E-state index in [9.17, 15) is 19.7 Å². The number of aromatic nitrogens is 2. The number of ketones is 1. The van der Waals surface area contributed by atoms with Crippen LogP contribution in [0.15, 0.2) is 120 Å². The minimum absolute atomic E-state index is 0.0142. The zero-order valence-electron chi connectivity index (χ0n) is 34.8. The van der Waals surface area contributed by atoms with Crippen LogP contribution in [0.3, 0.4) is 0 Å². The summed E-state index contributed by atoms with van der Waals surface area (Å²) in [4.78, 5) is 44.5. The molecular weight excluding hydrogens is 782 g/mol. The van der Waals surface area contributed by atoms with E-state index in [4.69, 9.17) is 29.2 Å². The Morgan fingerprint density at radius 3 is 1.97 bits per heavy atom. The van der Waals surface area contributed by atoms with Crippen LogP contribution in [-0.2, 0) is 19.6 Å². The molecule has 314 valence electrons. The Labute approximate surface area is 351 Å². The highest BCUT2D eigenvalue weighted by atomic mass is 31.2. The third-order valence-electron chi connectivity index (χ3n) is 10.6. The van der Waals surface area contributed by atoms with Crippen LogP contribution in [0.2, 0.25) is 0 Å². The van der Waals surface area contributed by atoms with Crippen molar-refractivity contribution in [1.29, 1.82) is 5.26 Å². The molecule has 4 atom stereocenters. The van der Waals surface area contributed by atoms with E-state index < -0.39 is 43.4 Å². The number of nitrogens with two attached hydrogens (primary N) is 1. The first-order valence-corrected chi connectivity index (χ1v) is 21.7. The summed E-state index contributed by atoms with van der Waals surface area (Å²) in [5, 5.41) is 9.72. The Morgan fingerprint density at radius 2 is 1.45 bits per heavy atom. The van der Waals surface area contributed by atoms with Crippen molar-refractivity contribution in [3.05, 3.63) is 154 Å². The summed E-state index contributed by atoms with van der Waals surface area (Å²) < 4.78 is 35.1. The van der Waals surface area contributed by atoms with Crippen molar-refractivity contribution >= 4 is 19.5 Å². The van der Waals surface area contributed by atoms with Crippen molar-refractivity contribution in [1.82, 2.24) is 14.2 Å². The van der Waals surface area contributed by atoms with E-state index in [2.05, 4.69) is 11.1 Å². The van der Waals surface area contributed by atoms with Gasteiger partial charge in [-0.3, -0.25) is 9.36 Å². The molecule has 0 spiro atoms. The van der Waals surface area contributed by atoms with Crippen LogP contribution >= 0.6 is 7.87 Å². The van der Waals surface area contributed by atoms with Crippen LogP contribution in [0.4, 0.5) is 5.82 Å². The summed E-state index contributed by atoms with van der Waals surface area (Å²) in [6, 6.07) is 36.8. The van der Waals surface area contributed by atoms with Gasteiger partial charge in [-0.15, -0.1) is 4.67 Å². The number of nitriles is 1. The second-order valence-electron chi connectivity index (χ2n) is 15.1. The van der Waals surface area contributed by atoms with Crippen molar-refractivity contribution in [2.75, 3.05) is 32.7 Å². The maximum atomic E-state index is 14.1. The molecule has 1 fully saturated rings. The van der Waals surface area contributed by atoms with Crippen LogP contribution in [0.5, 0.6) is 11.5 Å². The summed E-state index contributed by atoms with van der Waals surface area (Å²) in [6.07, 6.45) is -2.76. The fourth-order valence-corrected chi connectivity index (χ4v) is 11.0. The number of ether oxygens (including phenoxy) is 4. The summed E-state index contributed by atoms with van der Waals surface area (Å²) >= 11 is 0. The molecule has 14 heteroatoms. The fourth-order valence-electron chi connectivity index (χ4n) is 8.05. The molecule has 1 aromatic heterocycles. The van der Waals surface area contributed by atoms with E-state index in [-0.39, 0.29) is 49.2 Å². The Hall–Kier alpha value is -5.45. The van der Waals surface area contributed by atoms with Gasteiger partial charge in [-0.2, -0.15) is 14.8 Å². The number of anilines is 1. The van der Waals surface area contributed by atoms with Gasteiger partial charge >= 0.3 is 13.6 Å². The Balaban J connectivity index is 1.50.